The van der Waals surface area contributed by atoms with Crippen LogP contribution in [0.5, 0.6) is 5.75 Å². The van der Waals surface area contributed by atoms with Crippen LogP contribution in [0.15, 0.2) is 42.5 Å². The molecule has 0 unspecified atom stereocenters. The molecule has 0 saturated heterocycles. The van der Waals surface area contributed by atoms with Gasteiger partial charge in [-0.25, -0.2) is 0 Å². The lowest BCUT2D eigenvalue weighted by atomic mass is 10.1. The van der Waals surface area contributed by atoms with Gasteiger partial charge >= 0.3 is 6.18 Å². The van der Waals surface area contributed by atoms with E-state index in [0.717, 1.165) is 18.2 Å². The van der Waals surface area contributed by atoms with Crippen LogP contribution in [-0.2, 0) is 6.18 Å². The van der Waals surface area contributed by atoms with E-state index >= 15 is 0 Å². The van der Waals surface area contributed by atoms with Crippen LogP contribution in [-0.4, -0.2) is 6.10 Å². The zero-order valence-electron chi connectivity index (χ0n) is 9.11. The molecule has 0 saturated carbocycles. The van der Waals surface area contributed by atoms with Crippen molar-refractivity contribution in [2.24, 2.45) is 0 Å². The quantitative estimate of drug-likeness (QED) is 0.806. The van der Waals surface area contributed by atoms with Crippen LogP contribution in [0.3, 0.4) is 0 Å². The molecule has 0 heterocycles. The molecular weight excluding hydrogens is 243 g/mol. The third kappa shape index (κ3) is 2.54. The van der Waals surface area contributed by atoms with Crippen LogP contribution in [0.4, 0.5) is 13.2 Å². The Morgan fingerprint density at radius 3 is 2.39 bits per heavy atom. The molecule has 1 aromatic rings. The van der Waals surface area contributed by atoms with Crippen LogP contribution in [0, 0.1) is 11.3 Å². The molecule has 0 fully saturated rings. The first-order valence-corrected chi connectivity index (χ1v) is 5.14. The molecule has 1 aliphatic rings. The van der Waals surface area contributed by atoms with Crippen LogP contribution in [0.2, 0.25) is 0 Å². The zero-order chi connectivity index (χ0) is 13.2. The van der Waals surface area contributed by atoms with Crippen LogP contribution < -0.4 is 4.74 Å². The molecule has 92 valence electrons. The van der Waals surface area contributed by atoms with Crippen molar-refractivity contribution in [1.82, 2.24) is 0 Å². The van der Waals surface area contributed by atoms with Crippen molar-refractivity contribution in [3.8, 4) is 11.8 Å². The van der Waals surface area contributed by atoms with Crippen molar-refractivity contribution in [2.75, 3.05) is 0 Å². The third-order valence-electron chi connectivity index (χ3n) is 2.39. The van der Waals surface area contributed by atoms with Crippen molar-refractivity contribution in [1.29, 1.82) is 5.26 Å². The molecule has 0 aliphatic heterocycles. The van der Waals surface area contributed by atoms with E-state index in [1.54, 1.807) is 30.4 Å². The Morgan fingerprint density at radius 2 is 1.83 bits per heavy atom. The predicted molar refractivity (Wildman–Crippen MR) is 58.9 cm³/mol. The molecule has 0 N–H and O–H groups in total. The molecule has 1 aliphatic carbocycles. The van der Waals surface area contributed by atoms with Crippen molar-refractivity contribution in [3.05, 3.63) is 53.6 Å². The number of halogens is 3. The third-order valence-corrected chi connectivity index (χ3v) is 2.39. The zero-order valence-corrected chi connectivity index (χ0v) is 9.11. The van der Waals surface area contributed by atoms with E-state index in [4.69, 9.17) is 10.00 Å². The van der Waals surface area contributed by atoms with Gasteiger partial charge in [-0.2, -0.15) is 18.4 Å². The van der Waals surface area contributed by atoms with Gasteiger partial charge in [0.05, 0.1) is 17.2 Å². The Bertz CT molecular complexity index is 540. The lowest BCUT2D eigenvalue weighted by molar-refractivity contribution is -0.139. The van der Waals surface area contributed by atoms with Gasteiger partial charge in [0, 0.05) is 0 Å². The monoisotopic (exact) mass is 251 g/mol. The van der Waals surface area contributed by atoms with Crippen LogP contribution >= 0.6 is 0 Å². The molecule has 2 rings (SSSR count). The lowest BCUT2D eigenvalue weighted by Crippen LogP contribution is -2.14. The SMILES string of the molecule is N#Cc1ccc(C(F)(F)F)c(OC2C=CC=C2)c1. The summed E-state index contributed by atoms with van der Waals surface area (Å²) in [5, 5.41) is 8.70. The van der Waals surface area contributed by atoms with Crippen molar-refractivity contribution < 1.29 is 17.9 Å². The standard InChI is InChI=1S/C13H8F3NO/c14-13(15,16)11-6-5-9(8-17)7-12(11)18-10-3-1-2-4-10/h1-7,10H. The van der Waals surface area contributed by atoms with E-state index in [0.29, 0.717) is 0 Å². The fourth-order valence-corrected chi connectivity index (χ4v) is 1.56. The Balaban J connectivity index is 2.38. The highest BCUT2D eigenvalue weighted by atomic mass is 19.4. The second-order valence-corrected chi connectivity index (χ2v) is 3.67. The van der Waals surface area contributed by atoms with Crippen LogP contribution in [0.1, 0.15) is 11.1 Å². The smallest absolute Gasteiger partial charge is 0.419 e. The van der Waals surface area contributed by atoms with Crippen molar-refractivity contribution >= 4 is 0 Å². The van der Waals surface area contributed by atoms with Gasteiger partial charge in [0.15, 0.2) is 0 Å². The highest BCUT2D eigenvalue weighted by molar-refractivity contribution is 5.44. The Kier molecular flexibility index (Phi) is 3.11. The van der Waals surface area contributed by atoms with E-state index in [9.17, 15) is 13.2 Å². The van der Waals surface area contributed by atoms with E-state index in [2.05, 4.69) is 0 Å². The topological polar surface area (TPSA) is 33.0 Å². The van der Waals surface area contributed by atoms with Gasteiger partial charge in [-0.1, -0.05) is 12.2 Å². The number of hydrogen-bond donors (Lipinski definition) is 0. The number of rotatable bonds is 2. The van der Waals surface area contributed by atoms with Crippen LogP contribution in [0.25, 0.3) is 0 Å². The summed E-state index contributed by atoms with van der Waals surface area (Å²) in [5.41, 5.74) is -0.751. The number of hydrogen-bond acceptors (Lipinski definition) is 2. The normalized spacial score (nSPS) is 14.8. The average Bonchev–Trinajstić information content (AvgIpc) is 2.80. The molecule has 5 heteroatoms. The van der Waals surface area contributed by atoms with E-state index in [1.165, 1.54) is 0 Å². The molecule has 0 atom stereocenters. The minimum atomic E-state index is -4.50. The fraction of sp³-hybridized carbons (Fsp3) is 0.154. The number of nitrogens with zero attached hydrogens (tertiary/aromatic N) is 1. The maximum absolute atomic E-state index is 12.8. The molecule has 1 aromatic carbocycles. The summed E-state index contributed by atoms with van der Waals surface area (Å²) in [6.07, 6.45) is 1.59. The summed E-state index contributed by atoms with van der Waals surface area (Å²) < 4.78 is 43.5. The van der Waals surface area contributed by atoms with Crippen molar-refractivity contribution in [3.63, 3.8) is 0 Å². The predicted octanol–water partition coefficient (Wildman–Crippen LogP) is 3.45. The Labute approximate surface area is 102 Å². The first-order chi connectivity index (χ1) is 8.50. The summed E-state index contributed by atoms with van der Waals surface area (Å²) in [6, 6.07) is 4.87. The Morgan fingerprint density at radius 1 is 1.17 bits per heavy atom. The number of alkyl halides is 3. The number of nitriles is 1. The summed E-state index contributed by atoms with van der Waals surface area (Å²) in [5.74, 6) is -0.331. The first kappa shape index (κ1) is 12.2. The molecule has 0 aromatic heterocycles. The molecule has 0 radical (unpaired) electrons. The minimum absolute atomic E-state index is 0.129. The molecule has 0 amide bonds. The molecule has 2 nitrogen and oxygen atoms in total. The van der Waals surface area contributed by atoms with Gasteiger partial charge in [0.25, 0.3) is 0 Å². The second kappa shape index (κ2) is 4.57. The molecule has 18 heavy (non-hydrogen) atoms. The summed E-state index contributed by atoms with van der Waals surface area (Å²) in [6.45, 7) is 0. The largest absolute Gasteiger partial charge is 0.482 e. The minimum Gasteiger partial charge on any atom is -0.482 e. The van der Waals surface area contributed by atoms with E-state index < -0.39 is 17.8 Å². The first-order valence-electron chi connectivity index (χ1n) is 5.14. The van der Waals surface area contributed by atoms with E-state index in [1.807, 2.05) is 0 Å². The summed E-state index contributed by atoms with van der Waals surface area (Å²) >= 11 is 0. The number of ether oxygens (including phenoxy) is 1. The van der Waals surface area contributed by atoms with Gasteiger partial charge < -0.3 is 4.74 Å². The molecule has 0 spiro atoms. The van der Waals surface area contributed by atoms with Gasteiger partial charge in [-0.15, -0.1) is 0 Å². The molecule has 0 bridgehead atoms. The van der Waals surface area contributed by atoms with E-state index in [-0.39, 0.29) is 11.3 Å². The molecular formula is C13H8F3NO. The van der Waals surface area contributed by atoms with Gasteiger partial charge in [0.1, 0.15) is 11.9 Å². The number of benzene rings is 1. The van der Waals surface area contributed by atoms with Gasteiger partial charge in [-0.3, -0.25) is 0 Å². The maximum Gasteiger partial charge on any atom is 0.419 e. The highest BCUT2D eigenvalue weighted by Crippen LogP contribution is 2.37. The van der Waals surface area contributed by atoms with Gasteiger partial charge in [-0.05, 0) is 30.4 Å². The summed E-state index contributed by atoms with van der Waals surface area (Å²) in [7, 11) is 0. The number of allylic oxidation sites excluding steroid dienone is 2. The Hall–Kier alpha value is -2.22. The summed E-state index contributed by atoms with van der Waals surface area (Å²) in [4.78, 5) is 0. The van der Waals surface area contributed by atoms with Gasteiger partial charge in [0.2, 0.25) is 0 Å². The maximum atomic E-state index is 12.8. The lowest BCUT2D eigenvalue weighted by Gasteiger charge is -2.16. The second-order valence-electron chi connectivity index (χ2n) is 3.67. The fourth-order valence-electron chi connectivity index (χ4n) is 1.56. The average molecular weight is 251 g/mol. The highest BCUT2D eigenvalue weighted by Gasteiger charge is 2.34. The van der Waals surface area contributed by atoms with Crippen molar-refractivity contribution in [2.45, 2.75) is 12.3 Å².